The molecule has 2 N–H and O–H groups in total. The lowest BCUT2D eigenvalue weighted by atomic mass is 10.1. The summed E-state index contributed by atoms with van der Waals surface area (Å²) >= 11 is 1.23. The number of nitrogens with zero attached hydrogens (tertiary/aromatic N) is 6. The van der Waals surface area contributed by atoms with Crippen molar-refractivity contribution in [1.29, 1.82) is 0 Å². The number of aromatic nitrogens is 3. The van der Waals surface area contributed by atoms with Crippen molar-refractivity contribution in [2.45, 2.75) is 60.4 Å². The van der Waals surface area contributed by atoms with Crippen LogP contribution in [0.5, 0.6) is 5.75 Å². The van der Waals surface area contributed by atoms with Crippen LogP contribution in [0, 0.1) is 0 Å². The van der Waals surface area contributed by atoms with Gasteiger partial charge in [-0.05, 0) is 70.9 Å². The number of amides is 2. The van der Waals surface area contributed by atoms with Crippen molar-refractivity contribution in [3.8, 4) is 5.75 Å². The first-order valence-corrected chi connectivity index (χ1v) is 17.6. The number of hydrogen-bond donors (Lipinski definition) is 2. The van der Waals surface area contributed by atoms with Crippen LogP contribution >= 0.6 is 11.8 Å². The Hall–Kier alpha value is -4.91. The molecule has 2 amide bonds. The predicted octanol–water partition coefficient (Wildman–Crippen LogP) is 6.37. The number of ether oxygens (including phenoxy) is 1. The predicted molar refractivity (Wildman–Crippen MR) is 204 cm³/mol. The van der Waals surface area contributed by atoms with Crippen molar-refractivity contribution < 1.29 is 24.2 Å². The highest BCUT2D eigenvalue weighted by molar-refractivity contribution is 8.12. The minimum Gasteiger partial charge on any atom is -0.497 e. The van der Waals surface area contributed by atoms with Crippen LogP contribution in [0.2, 0.25) is 0 Å². The molecule has 2 heterocycles. The first kappa shape index (κ1) is 41.3. The molecular formula is C37H51N7O5S. The summed E-state index contributed by atoms with van der Waals surface area (Å²) in [7, 11) is 1.58. The quantitative estimate of drug-likeness (QED) is 0.106. The number of methoxy groups -OCH3 is 1. The van der Waals surface area contributed by atoms with E-state index in [0.717, 1.165) is 42.1 Å². The maximum atomic E-state index is 13.7. The number of pyridine rings is 1. The Morgan fingerprint density at radius 2 is 1.72 bits per heavy atom. The van der Waals surface area contributed by atoms with Gasteiger partial charge in [-0.2, -0.15) is 4.98 Å². The van der Waals surface area contributed by atoms with Gasteiger partial charge in [0.1, 0.15) is 17.5 Å². The maximum absolute atomic E-state index is 13.7. The number of carbonyl (C=O) groups excluding carboxylic acids is 2. The average molecular weight is 706 g/mol. The van der Waals surface area contributed by atoms with Crippen molar-refractivity contribution in [3.63, 3.8) is 0 Å². The van der Waals surface area contributed by atoms with Gasteiger partial charge in [0, 0.05) is 50.2 Å². The highest BCUT2D eigenvalue weighted by Crippen LogP contribution is 2.35. The minimum absolute atomic E-state index is 0.181. The summed E-state index contributed by atoms with van der Waals surface area (Å²) in [5.74, 6) is -0.0382. The van der Waals surface area contributed by atoms with Gasteiger partial charge in [-0.15, -0.1) is 0 Å². The van der Waals surface area contributed by atoms with Crippen LogP contribution in [0.15, 0.2) is 72.4 Å². The molecule has 3 aromatic rings. The van der Waals surface area contributed by atoms with Gasteiger partial charge in [-0.25, -0.2) is 9.78 Å². The van der Waals surface area contributed by atoms with Crippen LogP contribution in [0.25, 0.3) is 4.91 Å². The number of hydrogen-bond acceptors (Lipinski definition) is 10. The van der Waals surface area contributed by atoms with Crippen LogP contribution in [-0.4, -0.2) is 89.1 Å². The number of allylic oxidation sites excluding steroid dienone is 1. The molecule has 12 nitrogen and oxygen atoms in total. The molecule has 13 heteroatoms. The van der Waals surface area contributed by atoms with Crippen LogP contribution in [0.3, 0.4) is 0 Å². The van der Waals surface area contributed by atoms with Crippen LogP contribution in [0.4, 0.5) is 17.5 Å². The third kappa shape index (κ3) is 12.2. The molecule has 0 saturated carbocycles. The number of benzene rings is 1. The third-order valence-corrected chi connectivity index (χ3v) is 8.67. The lowest BCUT2D eigenvalue weighted by Gasteiger charge is -2.27. The Bertz CT molecular complexity index is 1550. The number of carbonyl (C=O) groups is 3. The molecule has 50 heavy (non-hydrogen) atoms. The smallest absolute Gasteiger partial charge is 0.326 e. The van der Waals surface area contributed by atoms with Gasteiger partial charge in [0.25, 0.3) is 5.91 Å². The molecule has 0 radical (unpaired) electrons. The van der Waals surface area contributed by atoms with E-state index in [2.05, 4.69) is 28.8 Å². The number of thioether (sulfide) groups is 1. The fraction of sp³-hybridized carbons (Fsp3) is 0.405. The Morgan fingerprint density at radius 1 is 1.02 bits per heavy atom. The average Bonchev–Trinajstić information content (AvgIpc) is 3.14. The van der Waals surface area contributed by atoms with Crippen LogP contribution in [0.1, 0.15) is 59.2 Å². The van der Waals surface area contributed by atoms with E-state index < -0.39 is 12.0 Å². The van der Waals surface area contributed by atoms with E-state index in [1.165, 1.54) is 16.7 Å². The second kappa shape index (κ2) is 21.9. The summed E-state index contributed by atoms with van der Waals surface area (Å²) in [6.45, 7) is 19.1. The summed E-state index contributed by atoms with van der Waals surface area (Å²) in [6, 6.07) is 11.8. The number of anilines is 3. The molecule has 0 saturated heterocycles. The first-order valence-electron chi connectivity index (χ1n) is 16.8. The molecule has 1 aromatic carbocycles. The standard InChI is InChI=1S/C31H38N6O4S.C6H13NO/c1-7-27(24-13-11-12-18-32-24)42-21(5)29(38)37(10-4)26-20-33-31(36(8-2)9-3)35-28(26)34-25(30(39)40)19-22-14-16-23(41-6)17-15-22;1-3-5-7(4-2)6-8/h7,11-18,20,25H,5,8-10,19H2,1-4,6H3,(H,39,40)(H,33,34,35);6H,3-5H2,1-2H3/b27-7-;. The SMILES string of the molecule is C=C(S/C(=C\C)c1ccccn1)C(=O)N(CC)c1cnc(N(CC)CC)nc1NC(Cc1ccc(OC)cc1)C(=O)O.CCCN(C=O)CC. The van der Waals surface area contributed by atoms with E-state index in [4.69, 9.17) is 9.72 Å². The molecule has 0 bridgehead atoms. The molecule has 1 unspecified atom stereocenters. The number of aliphatic carboxylic acids is 1. The minimum atomic E-state index is -1.05. The molecule has 0 fully saturated rings. The van der Waals surface area contributed by atoms with Gasteiger partial charge < -0.3 is 29.9 Å². The molecule has 0 aliphatic rings. The van der Waals surface area contributed by atoms with E-state index in [1.54, 1.807) is 36.5 Å². The molecule has 1 atom stereocenters. The number of likely N-dealkylation sites (N-methyl/N-ethyl adjacent to an activating group) is 1. The summed E-state index contributed by atoms with van der Waals surface area (Å²) < 4.78 is 5.22. The van der Waals surface area contributed by atoms with Gasteiger partial charge >= 0.3 is 5.97 Å². The second-order valence-electron chi connectivity index (χ2n) is 10.8. The zero-order chi connectivity index (χ0) is 37.1. The summed E-state index contributed by atoms with van der Waals surface area (Å²) in [5, 5.41) is 13.2. The van der Waals surface area contributed by atoms with Gasteiger partial charge in [-0.1, -0.05) is 49.5 Å². The van der Waals surface area contributed by atoms with Crippen molar-refractivity contribution in [3.05, 3.63) is 83.7 Å². The number of rotatable bonds is 19. The van der Waals surface area contributed by atoms with Crippen molar-refractivity contribution in [2.75, 3.05) is 55.0 Å². The Kier molecular flexibility index (Phi) is 18.1. The van der Waals surface area contributed by atoms with Gasteiger partial charge in [0.05, 0.1) is 23.9 Å². The number of carboxylic acid groups (broad SMARTS) is 1. The van der Waals surface area contributed by atoms with Crippen LogP contribution < -0.4 is 19.9 Å². The fourth-order valence-corrected chi connectivity index (χ4v) is 5.59. The van der Waals surface area contributed by atoms with Crippen LogP contribution in [-0.2, 0) is 20.8 Å². The van der Waals surface area contributed by atoms with E-state index in [9.17, 15) is 19.5 Å². The monoisotopic (exact) mass is 705 g/mol. The maximum Gasteiger partial charge on any atom is 0.326 e. The van der Waals surface area contributed by atoms with Gasteiger partial charge in [0.2, 0.25) is 12.4 Å². The summed E-state index contributed by atoms with van der Waals surface area (Å²) in [4.78, 5) is 56.1. The zero-order valence-electron chi connectivity index (χ0n) is 30.3. The molecule has 0 aliphatic heterocycles. The molecule has 0 spiro atoms. The van der Waals surface area contributed by atoms with Crippen molar-refractivity contribution >= 4 is 52.4 Å². The first-order chi connectivity index (χ1) is 24.1. The van der Waals surface area contributed by atoms with E-state index in [0.29, 0.717) is 30.5 Å². The zero-order valence-corrected chi connectivity index (χ0v) is 31.1. The highest BCUT2D eigenvalue weighted by atomic mass is 32.2. The molecular weight excluding hydrogens is 655 g/mol. The topological polar surface area (TPSA) is 141 Å². The van der Waals surface area contributed by atoms with Crippen molar-refractivity contribution in [1.82, 2.24) is 19.9 Å². The largest absolute Gasteiger partial charge is 0.497 e. The Morgan fingerprint density at radius 3 is 2.20 bits per heavy atom. The molecule has 270 valence electrons. The second-order valence-corrected chi connectivity index (χ2v) is 12.0. The Balaban J connectivity index is 0.000000963. The summed E-state index contributed by atoms with van der Waals surface area (Å²) in [6.07, 6.45) is 7.26. The highest BCUT2D eigenvalue weighted by Gasteiger charge is 2.27. The van der Waals surface area contributed by atoms with E-state index in [1.807, 2.05) is 75.9 Å². The van der Waals surface area contributed by atoms with Gasteiger partial charge in [0.15, 0.2) is 5.82 Å². The lowest BCUT2D eigenvalue weighted by Crippen LogP contribution is -2.36. The van der Waals surface area contributed by atoms with E-state index >= 15 is 0 Å². The number of carboxylic acids is 1. The van der Waals surface area contributed by atoms with Gasteiger partial charge in [-0.3, -0.25) is 14.6 Å². The normalized spacial score (nSPS) is 11.4. The van der Waals surface area contributed by atoms with E-state index in [-0.39, 0.29) is 29.6 Å². The molecule has 3 rings (SSSR count). The Labute approximate surface area is 300 Å². The number of nitrogens with one attached hydrogen (secondary N) is 1. The molecule has 0 aliphatic carbocycles. The summed E-state index contributed by atoms with van der Waals surface area (Å²) in [5.41, 5.74) is 1.90. The fourth-order valence-electron chi connectivity index (χ4n) is 4.78. The molecule has 2 aromatic heterocycles. The van der Waals surface area contributed by atoms with Crippen molar-refractivity contribution in [2.24, 2.45) is 0 Å². The lowest BCUT2D eigenvalue weighted by molar-refractivity contribution is -0.137. The third-order valence-electron chi connectivity index (χ3n) is 7.58.